The maximum absolute atomic E-state index is 9.34. The van der Waals surface area contributed by atoms with Crippen LogP contribution in [0.2, 0.25) is 0 Å². The van der Waals surface area contributed by atoms with Crippen molar-refractivity contribution < 1.29 is 20.1 Å². The second kappa shape index (κ2) is 4.02. The Labute approximate surface area is 78.3 Å². The molecule has 12 heavy (non-hydrogen) atoms. The van der Waals surface area contributed by atoms with Gasteiger partial charge in [0.1, 0.15) is 0 Å². The van der Waals surface area contributed by atoms with Crippen LogP contribution in [0.3, 0.4) is 0 Å². The van der Waals surface area contributed by atoms with Crippen LogP contribution >= 0.6 is 0 Å². The first-order chi connectivity index (χ1) is 5.57. The topological polar surface area (TPSA) is 95.9 Å². The molecule has 0 aromatic carbocycles. The van der Waals surface area contributed by atoms with Crippen molar-refractivity contribution in [3.8, 4) is 0 Å². The number of hydrogen-bond acceptors (Lipinski definition) is 5. The number of hydrogen-bond donors (Lipinski definition) is 4. The van der Waals surface area contributed by atoms with Gasteiger partial charge in [-0.2, -0.15) is 0 Å². The maximum atomic E-state index is 9.34. The Kier molecular flexibility index (Phi) is 3.48. The van der Waals surface area contributed by atoms with Crippen molar-refractivity contribution in [2.45, 2.75) is 29.4 Å². The van der Waals surface area contributed by atoms with Gasteiger partial charge in [0.15, 0.2) is 0 Å². The van der Waals surface area contributed by atoms with E-state index >= 15 is 0 Å². The molecule has 5 N–H and O–H groups in total. The van der Waals surface area contributed by atoms with E-state index in [-0.39, 0.29) is 6.61 Å². The molecule has 0 amide bonds. The van der Waals surface area contributed by atoms with Gasteiger partial charge in [-0.1, -0.05) is 0 Å². The summed E-state index contributed by atoms with van der Waals surface area (Å²) in [7, 11) is 0. The zero-order valence-corrected chi connectivity index (χ0v) is 8.24. The molecule has 0 radical (unpaired) electrons. The van der Waals surface area contributed by atoms with E-state index in [2.05, 4.69) is 16.0 Å². The fraction of sp³-hybridized carbons (Fsp3) is 1.00. The molecule has 1 fully saturated rings. The molecule has 1 saturated heterocycles. The van der Waals surface area contributed by atoms with E-state index in [0.29, 0.717) is 0 Å². The number of ether oxygens (including phenoxy) is 1. The SMILES string of the molecule is N[C@H]1C([SeH])O[C@H](CO)[C@@H](O)[C@@H]1O. The Morgan fingerprint density at radius 3 is 2.42 bits per heavy atom. The van der Waals surface area contributed by atoms with E-state index < -0.39 is 29.4 Å². The fourth-order valence-corrected chi connectivity index (χ4v) is 1.82. The van der Waals surface area contributed by atoms with Gasteiger partial charge in [-0.05, 0) is 0 Å². The quantitative estimate of drug-likeness (QED) is 0.360. The van der Waals surface area contributed by atoms with Gasteiger partial charge >= 0.3 is 77.8 Å². The van der Waals surface area contributed by atoms with Crippen LogP contribution in [0.25, 0.3) is 0 Å². The van der Waals surface area contributed by atoms with Gasteiger partial charge in [0.2, 0.25) is 0 Å². The third-order valence-electron chi connectivity index (χ3n) is 1.95. The summed E-state index contributed by atoms with van der Waals surface area (Å²) in [5.74, 6) is 0. The Balaban J connectivity index is 2.63. The number of rotatable bonds is 1. The Morgan fingerprint density at radius 1 is 1.33 bits per heavy atom. The average molecular weight is 242 g/mol. The molecule has 5 nitrogen and oxygen atoms in total. The van der Waals surface area contributed by atoms with Crippen molar-refractivity contribution in [2.24, 2.45) is 5.73 Å². The first-order valence-corrected chi connectivity index (χ1v) is 4.72. The summed E-state index contributed by atoms with van der Waals surface area (Å²) >= 11 is 2.16. The molecule has 0 aromatic heterocycles. The predicted molar refractivity (Wildman–Crippen MR) is 42.9 cm³/mol. The van der Waals surface area contributed by atoms with Crippen molar-refractivity contribution in [1.29, 1.82) is 0 Å². The molecule has 6 heteroatoms. The standard InChI is InChI=1S/C6H13NO4Se/c7-3-5(10)4(9)2(1-8)11-6(3)12/h2-6,8-10,12H,1,7H2/t2-,3-,4-,5-,6?/m1/s1. The van der Waals surface area contributed by atoms with Crippen molar-refractivity contribution in [2.75, 3.05) is 6.61 Å². The molecule has 1 rings (SSSR count). The summed E-state index contributed by atoms with van der Waals surface area (Å²) in [6.45, 7) is -0.320. The summed E-state index contributed by atoms with van der Waals surface area (Å²) in [6.07, 6.45) is -2.89. The van der Waals surface area contributed by atoms with E-state index in [1.54, 1.807) is 0 Å². The van der Waals surface area contributed by atoms with Crippen LogP contribution in [-0.2, 0) is 4.74 Å². The molecule has 5 atom stereocenters. The molecular weight excluding hydrogens is 229 g/mol. The predicted octanol–water partition coefficient (Wildman–Crippen LogP) is -3.35. The first-order valence-electron chi connectivity index (χ1n) is 3.64. The van der Waals surface area contributed by atoms with Gasteiger partial charge < -0.3 is 0 Å². The molecule has 0 aliphatic carbocycles. The van der Waals surface area contributed by atoms with Gasteiger partial charge in [0.25, 0.3) is 0 Å². The third-order valence-corrected chi connectivity index (χ3v) is 2.93. The summed E-state index contributed by atoms with van der Waals surface area (Å²) in [4.78, 5) is 0. The molecule has 1 unspecified atom stereocenters. The Hall–Kier alpha value is 0.319. The van der Waals surface area contributed by atoms with Crippen molar-refractivity contribution in [3.63, 3.8) is 0 Å². The molecule has 0 bridgehead atoms. The minimum atomic E-state index is -1.11. The fourth-order valence-electron chi connectivity index (χ4n) is 1.12. The van der Waals surface area contributed by atoms with Gasteiger partial charge in [-0.3, -0.25) is 0 Å². The van der Waals surface area contributed by atoms with Gasteiger partial charge in [0, 0.05) is 0 Å². The van der Waals surface area contributed by atoms with Crippen molar-refractivity contribution in [1.82, 2.24) is 0 Å². The second-order valence-corrected chi connectivity index (χ2v) is 3.87. The molecule has 1 heterocycles. The summed E-state index contributed by atoms with van der Waals surface area (Å²) in [6, 6.07) is -0.622. The van der Waals surface area contributed by atoms with Crippen LogP contribution in [0.5, 0.6) is 0 Å². The molecule has 1 aliphatic heterocycles. The zero-order valence-electron chi connectivity index (χ0n) is 6.37. The van der Waals surface area contributed by atoms with Crippen molar-refractivity contribution in [3.05, 3.63) is 0 Å². The minimum absolute atomic E-state index is 0.320. The van der Waals surface area contributed by atoms with E-state index in [1.165, 1.54) is 0 Å². The molecule has 0 aromatic rings. The third kappa shape index (κ3) is 1.80. The van der Waals surface area contributed by atoms with E-state index in [1.807, 2.05) is 0 Å². The molecule has 1 aliphatic rings. The van der Waals surface area contributed by atoms with Crippen molar-refractivity contribution >= 4 is 16.0 Å². The molecule has 0 saturated carbocycles. The van der Waals surface area contributed by atoms with Crippen LogP contribution in [0, 0.1) is 0 Å². The summed E-state index contributed by atoms with van der Waals surface area (Å²) in [5, 5.41) is 27.0. The van der Waals surface area contributed by atoms with Crippen LogP contribution in [-0.4, -0.2) is 67.3 Å². The molecule has 72 valence electrons. The number of nitrogens with two attached hydrogens (primary N) is 1. The Morgan fingerprint density at radius 2 is 1.92 bits per heavy atom. The van der Waals surface area contributed by atoms with Gasteiger partial charge in [0.05, 0.1) is 0 Å². The first kappa shape index (κ1) is 10.4. The van der Waals surface area contributed by atoms with Crippen LogP contribution in [0.4, 0.5) is 0 Å². The summed E-state index contributed by atoms with van der Waals surface area (Å²) < 4.78 is 5.12. The van der Waals surface area contributed by atoms with E-state index in [0.717, 1.165) is 0 Å². The van der Waals surface area contributed by atoms with Gasteiger partial charge in [-0.25, -0.2) is 0 Å². The Bertz CT molecular complexity index is 154. The molecular formula is C6H13NO4Se. The number of aliphatic hydroxyl groups excluding tert-OH is 3. The van der Waals surface area contributed by atoms with E-state index in [4.69, 9.17) is 15.6 Å². The molecule has 0 spiro atoms. The van der Waals surface area contributed by atoms with E-state index in [9.17, 15) is 10.2 Å². The average Bonchev–Trinajstić information content (AvgIpc) is 2.08. The van der Waals surface area contributed by atoms with Crippen LogP contribution in [0.1, 0.15) is 0 Å². The van der Waals surface area contributed by atoms with Crippen LogP contribution in [0.15, 0.2) is 0 Å². The normalized spacial score (nSPS) is 49.2. The monoisotopic (exact) mass is 243 g/mol. The zero-order chi connectivity index (χ0) is 9.30. The summed E-state index contributed by atoms with van der Waals surface area (Å²) in [5.41, 5.74) is 5.50. The van der Waals surface area contributed by atoms with Crippen LogP contribution < -0.4 is 5.73 Å². The van der Waals surface area contributed by atoms with Gasteiger partial charge in [-0.15, -0.1) is 0 Å². The second-order valence-electron chi connectivity index (χ2n) is 2.81. The number of aliphatic hydroxyl groups is 3.